The predicted molar refractivity (Wildman–Crippen MR) is 84.2 cm³/mol. The number of rotatable bonds is 3. The van der Waals surface area contributed by atoms with E-state index in [1.54, 1.807) is 18.2 Å². The number of sulfonamides is 1. The maximum Gasteiger partial charge on any atom is 0.242 e. The third-order valence-electron chi connectivity index (χ3n) is 3.47. The maximum atomic E-state index is 12.4. The van der Waals surface area contributed by atoms with Crippen molar-refractivity contribution in [2.45, 2.75) is 31.2 Å². The highest BCUT2D eigenvalue weighted by Gasteiger charge is 2.27. The van der Waals surface area contributed by atoms with E-state index in [1.165, 1.54) is 0 Å². The Morgan fingerprint density at radius 3 is 2.75 bits per heavy atom. The highest BCUT2D eigenvalue weighted by Crippen LogP contribution is 2.23. The highest BCUT2D eigenvalue weighted by atomic mass is 35.5. The van der Waals surface area contributed by atoms with Crippen molar-refractivity contribution in [1.82, 2.24) is 10.0 Å². The Morgan fingerprint density at radius 2 is 2.10 bits per heavy atom. The lowest BCUT2D eigenvalue weighted by atomic mass is 9.97. The Hall–Kier alpha value is -0.330. The molecule has 0 aliphatic carbocycles. The number of nitrogens with one attached hydrogen (secondary N) is 2. The molecule has 1 heterocycles. The van der Waals surface area contributed by atoms with Crippen LogP contribution < -0.4 is 10.0 Å². The molecule has 0 aromatic heterocycles. The van der Waals surface area contributed by atoms with Crippen LogP contribution in [-0.2, 0) is 10.0 Å². The number of hydrogen-bond donors (Lipinski definition) is 2. The molecule has 1 aliphatic rings. The summed E-state index contributed by atoms with van der Waals surface area (Å²) in [5, 5.41) is 3.51. The van der Waals surface area contributed by atoms with Gasteiger partial charge in [0.05, 0.1) is 5.02 Å². The summed E-state index contributed by atoms with van der Waals surface area (Å²) in [4.78, 5) is 0.167. The zero-order chi connectivity index (χ0) is 14.0. The van der Waals surface area contributed by atoms with Gasteiger partial charge in [0.15, 0.2) is 0 Å². The van der Waals surface area contributed by atoms with Crippen LogP contribution in [-0.4, -0.2) is 27.5 Å². The summed E-state index contributed by atoms with van der Waals surface area (Å²) in [7, 11) is -3.56. The molecule has 1 fully saturated rings. The SMILES string of the molecule is Cc1ccc(Cl)c(S(=O)(=O)NC2CCNCC2C)c1.Cl. The molecule has 2 atom stereocenters. The first-order valence-corrected chi connectivity index (χ1v) is 8.25. The summed E-state index contributed by atoms with van der Waals surface area (Å²) < 4.78 is 27.6. The molecule has 20 heavy (non-hydrogen) atoms. The summed E-state index contributed by atoms with van der Waals surface area (Å²) in [5.41, 5.74) is 0.878. The number of halogens is 2. The molecule has 0 radical (unpaired) electrons. The average molecular weight is 339 g/mol. The summed E-state index contributed by atoms with van der Waals surface area (Å²) in [6, 6.07) is 4.99. The second-order valence-electron chi connectivity index (χ2n) is 5.13. The van der Waals surface area contributed by atoms with Crippen LogP contribution in [0.4, 0.5) is 0 Å². The van der Waals surface area contributed by atoms with E-state index in [0.29, 0.717) is 0 Å². The fraction of sp³-hybridized carbons (Fsp3) is 0.538. The molecule has 1 aliphatic heterocycles. The van der Waals surface area contributed by atoms with E-state index < -0.39 is 10.0 Å². The van der Waals surface area contributed by atoms with Crippen LogP contribution in [0.1, 0.15) is 18.9 Å². The molecule has 0 bridgehead atoms. The minimum Gasteiger partial charge on any atom is -0.316 e. The van der Waals surface area contributed by atoms with Gasteiger partial charge in [-0.05, 0) is 50.0 Å². The topological polar surface area (TPSA) is 58.2 Å². The van der Waals surface area contributed by atoms with E-state index in [-0.39, 0.29) is 34.3 Å². The molecule has 0 saturated carbocycles. The molecule has 2 unspecified atom stereocenters. The first-order valence-electron chi connectivity index (χ1n) is 6.39. The van der Waals surface area contributed by atoms with Crippen molar-refractivity contribution in [2.24, 2.45) is 5.92 Å². The lowest BCUT2D eigenvalue weighted by molar-refractivity contribution is 0.328. The molecule has 7 heteroatoms. The first-order chi connectivity index (χ1) is 8.90. The van der Waals surface area contributed by atoms with Gasteiger partial charge in [-0.2, -0.15) is 0 Å². The van der Waals surface area contributed by atoms with E-state index in [2.05, 4.69) is 10.0 Å². The summed E-state index contributed by atoms with van der Waals surface area (Å²) >= 11 is 6.00. The van der Waals surface area contributed by atoms with Crippen molar-refractivity contribution in [2.75, 3.05) is 13.1 Å². The van der Waals surface area contributed by atoms with Crippen LogP contribution in [0.3, 0.4) is 0 Å². The molecule has 4 nitrogen and oxygen atoms in total. The highest BCUT2D eigenvalue weighted by molar-refractivity contribution is 7.89. The zero-order valence-electron chi connectivity index (χ0n) is 11.5. The molecule has 2 N–H and O–H groups in total. The summed E-state index contributed by atoms with van der Waals surface area (Å²) in [6.07, 6.45) is 0.795. The Labute approximate surface area is 131 Å². The summed E-state index contributed by atoms with van der Waals surface area (Å²) in [6.45, 7) is 5.55. The minimum atomic E-state index is -3.56. The van der Waals surface area contributed by atoms with Gasteiger partial charge in [-0.3, -0.25) is 0 Å². The summed E-state index contributed by atoms with van der Waals surface area (Å²) in [5.74, 6) is 0.270. The third kappa shape index (κ3) is 4.09. The van der Waals surface area contributed by atoms with Gasteiger partial charge in [-0.15, -0.1) is 12.4 Å². The van der Waals surface area contributed by atoms with Gasteiger partial charge < -0.3 is 5.32 Å². The monoisotopic (exact) mass is 338 g/mol. The van der Waals surface area contributed by atoms with Gasteiger partial charge in [-0.25, -0.2) is 13.1 Å². The quantitative estimate of drug-likeness (QED) is 0.889. The van der Waals surface area contributed by atoms with Crippen molar-refractivity contribution in [3.8, 4) is 0 Å². The Morgan fingerprint density at radius 1 is 1.40 bits per heavy atom. The average Bonchev–Trinajstić information content (AvgIpc) is 2.35. The van der Waals surface area contributed by atoms with Gasteiger partial charge in [0.2, 0.25) is 10.0 Å². The fourth-order valence-electron chi connectivity index (χ4n) is 2.27. The van der Waals surface area contributed by atoms with Crippen molar-refractivity contribution in [1.29, 1.82) is 0 Å². The minimum absolute atomic E-state index is 0. The standard InChI is InChI=1S/C13H19ClN2O2S.ClH/c1-9-3-4-11(14)13(7-9)19(17,18)16-12-5-6-15-8-10(12)2;/h3-4,7,10,12,15-16H,5-6,8H2,1-2H3;1H. The molecular formula is C13H20Cl2N2O2S. The lowest BCUT2D eigenvalue weighted by Gasteiger charge is -2.30. The largest absolute Gasteiger partial charge is 0.316 e. The van der Waals surface area contributed by atoms with Crippen molar-refractivity contribution < 1.29 is 8.42 Å². The molecular weight excluding hydrogens is 319 g/mol. The maximum absolute atomic E-state index is 12.4. The van der Waals surface area contributed by atoms with Crippen LogP contribution in [0.2, 0.25) is 5.02 Å². The van der Waals surface area contributed by atoms with E-state index in [1.807, 2.05) is 13.8 Å². The van der Waals surface area contributed by atoms with Crippen LogP contribution in [0.15, 0.2) is 23.1 Å². The van der Waals surface area contributed by atoms with Crippen molar-refractivity contribution in [3.05, 3.63) is 28.8 Å². The van der Waals surface area contributed by atoms with Crippen LogP contribution in [0.25, 0.3) is 0 Å². The van der Waals surface area contributed by atoms with Gasteiger partial charge in [0, 0.05) is 6.04 Å². The van der Waals surface area contributed by atoms with Crippen molar-refractivity contribution in [3.63, 3.8) is 0 Å². The van der Waals surface area contributed by atoms with Crippen LogP contribution >= 0.6 is 24.0 Å². The van der Waals surface area contributed by atoms with E-state index in [4.69, 9.17) is 11.6 Å². The molecule has 1 aromatic carbocycles. The molecule has 2 rings (SSSR count). The molecule has 1 saturated heterocycles. The number of benzene rings is 1. The Bertz CT molecular complexity index is 563. The molecule has 1 aromatic rings. The van der Waals surface area contributed by atoms with E-state index in [0.717, 1.165) is 25.1 Å². The first kappa shape index (κ1) is 17.7. The second kappa shape index (κ2) is 7.09. The van der Waals surface area contributed by atoms with Crippen LogP contribution in [0.5, 0.6) is 0 Å². The Balaban J connectivity index is 0.00000200. The fourth-order valence-corrected chi connectivity index (χ4v) is 4.23. The van der Waals surface area contributed by atoms with E-state index in [9.17, 15) is 8.42 Å². The van der Waals surface area contributed by atoms with Gasteiger partial charge >= 0.3 is 0 Å². The van der Waals surface area contributed by atoms with Gasteiger partial charge in [0.25, 0.3) is 0 Å². The predicted octanol–water partition coefficient (Wildman–Crippen LogP) is 2.35. The van der Waals surface area contributed by atoms with Crippen molar-refractivity contribution >= 4 is 34.0 Å². The van der Waals surface area contributed by atoms with Gasteiger partial charge in [0.1, 0.15) is 4.90 Å². The molecule has 114 valence electrons. The smallest absolute Gasteiger partial charge is 0.242 e. The normalized spacial score (nSPS) is 23.1. The zero-order valence-corrected chi connectivity index (χ0v) is 13.9. The molecule has 0 amide bonds. The van der Waals surface area contributed by atoms with Crippen LogP contribution in [0, 0.1) is 12.8 Å². The Kier molecular flexibility index (Phi) is 6.28. The number of hydrogen-bond acceptors (Lipinski definition) is 3. The van der Waals surface area contributed by atoms with E-state index >= 15 is 0 Å². The third-order valence-corrected chi connectivity index (χ3v) is 5.44. The van der Waals surface area contributed by atoms with Gasteiger partial charge in [-0.1, -0.05) is 24.6 Å². The number of aryl methyl sites for hydroxylation is 1. The molecule has 0 spiro atoms. The number of piperidine rings is 1. The second-order valence-corrected chi connectivity index (χ2v) is 7.22. The lowest BCUT2D eigenvalue weighted by Crippen LogP contribution is -2.48.